The first-order valence-electron chi connectivity index (χ1n) is 13.5. The Morgan fingerprint density at radius 2 is 1.69 bits per heavy atom. The van der Waals surface area contributed by atoms with Crippen LogP contribution >= 0.6 is 0 Å². The van der Waals surface area contributed by atoms with E-state index in [1.165, 1.54) is 4.90 Å². The smallest absolute Gasteiger partial charge is 0.295 e. The number of quaternary nitrogens is 1. The molecule has 2 fully saturated rings. The molecule has 1 N–H and O–H groups in total. The summed E-state index contributed by atoms with van der Waals surface area (Å²) >= 11 is 0. The van der Waals surface area contributed by atoms with Gasteiger partial charge in [-0.05, 0) is 41.3 Å². The summed E-state index contributed by atoms with van der Waals surface area (Å²) in [7, 11) is 0. The number of hydrogen-bond donors (Lipinski definition) is 1. The monoisotopic (exact) mass is 526 g/mol. The quantitative estimate of drug-likeness (QED) is 0.262. The molecule has 0 aromatic heterocycles. The van der Waals surface area contributed by atoms with Crippen molar-refractivity contribution in [2.24, 2.45) is 0 Å². The van der Waals surface area contributed by atoms with Crippen LogP contribution in [0.5, 0.6) is 5.75 Å². The fourth-order valence-corrected chi connectivity index (χ4v) is 5.34. The van der Waals surface area contributed by atoms with Crippen LogP contribution in [0.2, 0.25) is 0 Å². The Bertz CT molecular complexity index is 1330. The van der Waals surface area contributed by atoms with Crippen LogP contribution in [0.1, 0.15) is 34.7 Å². The molecule has 5 rings (SSSR count). The number of benzene rings is 3. The number of rotatable bonds is 9. The number of morpholine rings is 1. The normalized spacial score (nSPS) is 19.4. The number of hydrogen-bond acceptors (Lipinski definition) is 5. The number of ether oxygens (including phenoxy) is 2. The highest BCUT2D eigenvalue weighted by Crippen LogP contribution is 2.39. The predicted molar refractivity (Wildman–Crippen MR) is 146 cm³/mol. The van der Waals surface area contributed by atoms with E-state index in [-0.39, 0.29) is 5.57 Å². The summed E-state index contributed by atoms with van der Waals surface area (Å²) in [5.74, 6) is -1.07. The topological polar surface area (TPSA) is 83.3 Å². The van der Waals surface area contributed by atoms with E-state index in [0.717, 1.165) is 56.0 Å². The highest BCUT2D eigenvalue weighted by Gasteiger charge is 2.44. The Hall–Kier alpha value is -3.94. The maximum atomic E-state index is 13.8. The highest BCUT2D eigenvalue weighted by molar-refractivity contribution is 6.46. The SMILES string of the molecule is Cc1cc(C([O-])=C2C(=O)C(=O)N(CCC[NH+]3CCOCC3)C2c2ccccc2)ccc1OCc1ccccc1. The standard InChI is InChI=1S/C32H34N2O5/c1-23-21-26(13-14-27(23)39-22-24-9-4-2-5-10-24)30(35)28-29(25-11-6-3-7-12-25)34(32(37)31(28)36)16-8-15-33-17-19-38-20-18-33/h2-7,9-14,21,29,35H,8,15-20,22H2,1H3. The zero-order chi connectivity index (χ0) is 27.2. The Kier molecular flexibility index (Phi) is 8.39. The zero-order valence-electron chi connectivity index (χ0n) is 22.2. The van der Waals surface area contributed by atoms with Gasteiger partial charge in [-0.25, -0.2) is 0 Å². The number of nitrogens with one attached hydrogen (secondary N) is 1. The lowest BCUT2D eigenvalue weighted by molar-refractivity contribution is -0.908. The molecule has 7 heteroatoms. The number of carbonyl (C=O) groups excluding carboxylic acids is 2. The molecule has 0 radical (unpaired) electrons. The summed E-state index contributed by atoms with van der Waals surface area (Å²) in [5, 5.41) is 13.8. The molecule has 2 heterocycles. The second-order valence-corrected chi connectivity index (χ2v) is 10.1. The fourth-order valence-electron chi connectivity index (χ4n) is 5.34. The predicted octanol–water partition coefficient (Wildman–Crippen LogP) is 2.10. The third-order valence-corrected chi connectivity index (χ3v) is 7.45. The molecule has 0 saturated carbocycles. The van der Waals surface area contributed by atoms with Crippen molar-refractivity contribution in [1.29, 1.82) is 0 Å². The number of aryl methyl sites for hydroxylation is 1. The van der Waals surface area contributed by atoms with E-state index in [1.54, 1.807) is 23.1 Å². The number of amides is 1. The molecule has 3 aromatic carbocycles. The van der Waals surface area contributed by atoms with Crippen LogP contribution in [0.15, 0.2) is 84.4 Å². The summed E-state index contributed by atoms with van der Waals surface area (Å²) in [6.45, 7) is 6.95. The van der Waals surface area contributed by atoms with Crippen LogP contribution < -0.4 is 14.7 Å². The minimum Gasteiger partial charge on any atom is -0.872 e. The molecular formula is C32H34N2O5. The molecule has 202 valence electrons. The molecule has 3 aromatic rings. The first-order chi connectivity index (χ1) is 19.0. The van der Waals surface area contributed by atoms with E-state index in [0.29, 0.717) is 24.5 Å². The van der Waals surface area contributed by atoms with Crippen molar-refractivity contribution < 1.29 is 29.1 Å². The van der Waals surface area contributed by atoms with Crippen LogP contribution in [0.4, 0.5) is 0 Å². The third kappa shape index (κ3) is 6.05. The number of likely N-dealkylation sites (tertiary alicyclic amines) is 1. The Morgan fingerprint density at radius 1 is 1.00 bits per heavy atom. The number of ketones is 1. The summed E-state index contributed by atoms with van der Waals surface area (Å²) in [5.41, 5.74) is 2.98. The molecule has 1 atom stereocenters. The maximum absolute atomic E-state index is 13.8. The minimum absolute atomic E-state index is 0.0160. The minimum atomic E-state index is -0.713. The van der Waals surface area contributed by atoms with E-state index in [4.69, 9.17) is 9.47 Å². The van der Waals surface area contributed by atoms with Gasteiger partial charge in [0.25, 0.3) is 5.91 Å². The number of Topliss-reactive ketones (excluding diaryl/α,β-unsaturated/α-hetero) is 1. The molecule has 0 spiro atoms. The van der Waals surface area contributed by atoms with Gasteiger partial charge in [-0.3, -0.25) is 9.59 Å². The van der Waals surface area contributed by atoms with Crippen LogP contribution in [0.25, 0.3) is 5.76 Å². The van der Waals surface area contributed by atoms with Crippen LogP contribution in [0, 0.1) is 6.92 Å². The summed E-state index contributed by atoms with van der Waals surface area (Å²) in [6, 6.07) is 23.7. The van der Waals surface area contributed by atoms with Crippen molar-refractivity contribution in [1.82, 2.24) is 4.90 Å². The van der Waals surface area contributed by atoms with Crippen molar-refractivity contribution in [2.75, 3.05) is 39.4 Å². The molecular weight excluding hydrogens is 492 g/mol. The second kappa shape index (κ2) is 12.3. The van der Waals surface area contributed by atoms with Gasteiger partial charge >= 0.3 is 0 Å². The molecule has 2 saturated heterocycles. The van der Waals surface area contributed by atoms with Crippen LogP contribution in [-0.2, 0) is 20.9 Å². The van der Waals surface area contributed by atoms with Crippen LogP contribution in [0.3, 0.4) is 0 Å². The molecule has 7 nitrogen and oxygen atoms in total. The summed E-state index contributed by atoms with van der Waals surface area (Å²) < 4.78 is 11.4. The van der Waals surface area contributed by atoms with E-state index >= 15 is 0 Å². The Balaban J connectivity index is 1.40. The summed E-state index contributed by atoms with van der Waals surface area (Å²) in [6.07, 6.45) is 0.742. The molecule has 1 unspecified atom stereocenters. The fraction of sp³-hybridized carbons (Fsp3) is 0.312. The highest BCUT2D eigenvalue weighted by atomic mass is 16.5. The lowest BCUT2D eigenvalue weighted by Crippen LogP contribution is -3.14. The van der Waals surface area contributed by atoms with E-state index < -0.39 is 23.5 Å². The van der Waals surface area contributed by atoms with Gasteiger partial charge in [0.15, 0.2) is 0 Å². The van der Waals surface area contributed by atoms with E-state index in [1.807, 2.05) is 67.6 Å². The van der Waals surface area contributed by atoms with Gasteiger partial charge < -0.3 is 24.4 Å². The maximum Gasteiger partial charge on any atom is 0.295 e. The molecule has 1 amide bonds. The van der Waals surface area contributed by atoms with Gasteiger partial charge in [0.1, 0.15) is 25.4 Å². The zero-order valence-corrected chi connectivity index (χ0v) is 22.2. The van der Waals surface area contributed by atoms with Crippen molar-refractivity contribution in [3.63, 3.8) is 0 Å². The lowest BCUT2D eigenvalue weighted by atomic mass is 9.95. The first-order valence-corrected chi connectivity index (χ1v) is 13.5. The Morgan fingerprint density at radius 3 is 2.38 bits per heavy atom. The van der Waals surface area contributed by atoms with Gasteiger partial charge in [0.2, 0.25) is 5.78 Å². The number of nitrogens with zero attached hydrogens (tertiary/aromatic N) is 1. The lowest BCUT2D eigenvalue weighted by Gasteiger charge is -2.29. The van der Waals surface area contributed by atoms with Crippen molar-refractivity contribution in [2.45, 2.75) is 26.0 Å². The molecule has 2 aliphatic rings. The molecule has 39 heavy (non-hydrogen) atoms. The van der Waals surface area contributed by atoms with Crippen LogP contribution in [-0.4, -0.2) is 56.0 Å². The first kappa shape index (κ1) is 26.7. The second-order valence-electron chi connectivity index (χ2n) is 10.1. The van der Waals surface area contributed by atoms with Gasteiger partial charge in [0, 0.05) is 18.5 Å². The molecule has 0 bridgehead atoms. The molecule has 2 aliphatic heterocycles. The van der Waals surface area contributed by atoms with E-state index in [9.17, 15) is 14.7 Å². The largest absolute Gasteiger partial charge is 0.872 e. The average Bonchev–Trinajstić information content (AvgIpc) is 3.23. The van der Waals surface area contributed by atoms with Crippen molar-refractivity contribution in [3.05, 3.63) is 107 Å². The Labute approximate surface area is 229 Å². The van der Waals surface area contributed by atoms with Crippen molar-refractivity contribution >= 4 is 17.4 Å². The van der Waals surface area contributed by atoms with Gasteiger partial charge in [0.05, 0.1) is 25.8 Å². The van der Waals surface area contributed by atoms with E-state index in [2.05, 4.69) is 0 Å². The average molecular weight is 527 g/mol. The number of carbonyl (C=O) groups is 2. The van der Waals surface area contributed by atoms with Gasteiger partial charge in [-0.1, -0.05) is 72.5 Å². The molecule has 0 aliphatic carbocycles. The third-order valence-electron chi connectivity index (χ3n) is 7.45. The van der Waals surface area contributed by atoms with Gasteiger partial charge in [-0.2, -0.15) is 0 Å². The summed E-state index contributed by atoms with van der Waals surface area (Å²) in [4.78, 5) is 29.5. The van der Waals surface area contributed by atoms with Gasteiger partial charge in [-0.15, -0.1) is 0 Å². The van der Waals surface area contributed by atoms with Crippen molar-refractivity contribution in [3.8, 4) is 5.75 Å².